The summed E-state index contributed by atoms with van der Waals surface area (Å²) in [6, 6.07) is 4.68. The third-order valence-electron chi connectivity index (χ3n) is 2.06. The summed E-state index contributed by atoms with van der Waals surface area (Å²) in [6.07, 6.45) is -2.82. The summed E-state index contributed by atoms with van der Waals surface area (Å²) in [4.78, 5) is 14.7. The van der Waals surface area contributed by atoms with Crippen LogP contribution in [0.25, 0.3) is 0 Å². The van der Waals surface area contributed by atoms with E-state index in [-0.39, 0.29) is 17.9 Å². The van der Waals surface area contributed by atoms with E-state index < -0.39 is 18.2 Å². The molecule has 0 aliphatic heterocycles. The molecule has 0 amide bonds. The second kappa shape index (κ2) is 5.43. The third kappa shape index (κ3) is 3.18. The Morgan fingerprint density at radius 2 is 2.25 bits per heavy atom. The molecule has 0 radical (unpaired) electrons. The Balaban J connectivity index is 2.70. The van der Waals surface area contributed by atoms with Crippen molar-refractivity contribution in [2.45, 2.75) is 18.6 Å². The van der Waals surface area contributed by atoms with Crippen LogP contribution < -0.4 is 5.73 Å². The SMILES string of the molecule is COC(=O)CC(O)C(O)c1cccc(N)n1. The number of ether oxygens (including phenoxy) is 1. The molecule has 6 nitrogen and oxygen atoms in total. The summed E-state index contributed by atoms with van der Waals surface area (Å²) in [5, 5.41) is 19.2. The number of carbonyl (C=O) groups is 1. The zero-order valence-corrected chi connectivity index (χ0v) is 8.83. The van der Waals surface area contributed by atoms with E-state index in [9.17, 15) is 15.0 Å². The van der Waals surface area contributed by atoms with Gasteiger partial charge in [0.2, 0.25) is 0 Å². The number of nitrogens with two attached hydrogens (primary N) is 1. The lowest BCUT2D eigenvalue weighted by Crippen LogP contribution is -2.23. The van der Waals surface area contributed by atoms with E-state index >= 15 is 0 Å². The monoisotopic (exact) mass is 226 g/mol. The van der Waals surface area contributed by atoms with Crippen LogP contribution in [-0.4, -0.2) is 34.4 Å². The Morgan fingerprint density at radius 1 is 1.56 bits per heavy atom. The highest BCUT2D eigenvalue weighted by molar-refractivity contribution is 5.69. The van der Waals surface area contributed by atoms with Crippen molar-refractivity contribution in [3.05, 3.63) is 23.9 Å². The largest absolute Gasteiger partial charge is 0.469 e. The average Bonchev–Trinajstić information content (AvgIpc) is 2.27. The minimum Gasteiger partial charge on any atom is -0.469 e. The van der Waals surface area contributed by atoms with E-state index in [4.69, 9.17) is 5.73 Å². The summed E-state index contributed by atoms with van der Waals surface area (Å²) >= 11 is 0. The first-order valence-electron chi connectivity index (χ1n) is 4.70. The molecular weight excluding hydrogens is 212 g/mol. The van der Waals surface area contributed by atoms with Crippen LogP contribution in [0.5, 0.6) is 0 Å². The van der Waals surface area contributed by atoms with E-state index in [0.717, 1.165) is 0 Å². The van der Waals surface area contributed by atoms with E-state index in [1.54, 1.807) is 12.1 Å². The van der Waals surface area contributed by atoms with Crippen molar-refractivity contribution >= 4 is 11.8 Å². The zero-order valence-electron chi connectivity index (χ0n) is 8.83. The lowest BCUT2D eigenvalue weighted by molar-refractivity contribution is -0.144. The van der Waals surface area contributed by atoms with Crippen molar-refractivity contribution in [1.82, 2.24) is 4.98 Å². The number of aliphatic hydroxyl groups excluding tert-OH is 2. The fourth-order valence-corrected chi connectivity index (χ4v) is 1.20. The maximum absolute atomic E-state index is 10.9. The molecule has 0 bridgehead atoms. The number of nitrogen functional groups attached to an aromatic ring is 1. The fourth-order valence-electron chi connectivity index (χ4n) is 1.20. The van der Waals surface area contributed by atoms with Crippen molar-refractivity contribution in [1.29, 1.82) is 0 Å². The van der Waals surface area contributed by atoms with Crippen LogP contribution in [0.3, 0.4) is 0 Å². The molecule has 1 heterocycles. The molecule has 0 aliphatic carbocycles. The number of esters is 1. The van der Waals surface area contributed by atoms with Crippen molar-refractivity contribution < 1.29 is 19.7 Å². The minimum absolute atomic E-state index is 0.219. The van der Waals surface area contributed by atoms with Gasteiger partial charge in [-0.05, 0) is 12.1 Å². The highest BCUT2D eigenvalue weighted by atomic mass is 16.5. The molecule has 16 heavy (non-hydrogen) atoms. The number of methoxy groups -OCH3 is 1. The minimum atomic E-state index is -1.26. The smallest absolute Gasteiger partial charge is 0.308 e. The topological polar surface area (TPSA) is 106 Å². The molecule has 0 spiro atoms. The van der Waals surface area contributed by atoms with Crippen LogP contribution in [0, 0.1) is 0 Å². The molecule has 0 saturated heterocycles. The summed E-state index contributed by atoms with van der Waals surface area (Å²) in [6.45, 7) is 0. The van der Waals surface area contributed by atoms with Gasteiger partial charge in [0.05, 0.1) is 25.3 Å². The second-order valence-corrected chi connectivity index (χ2v) is 3.28. The standard InChI is InChI=1S/C10H14N2O4/c1-16-9(14)5-7(13)10(15)6-3-2-4-8(11)12-6/h2-4,7,10,13,15H,5H2,1H3,(H2,11,12). The van der Waals surface area contributed by atoms with Crippen LogP contribution in [-0.2, 0) is 9.53 Å². The lowest BCUT2D eigenvalue weighted by Gasteiger charge is -2.16. The summed E-state index contributed by atoms with van der Waals surface area (Å²) in [5.74, 6) is -0.364. The Labute approximate surface area is 92.7 Å². The van der Waals surface area contributed by atoms with Gasteiger partial charge in [-0.3, -0.25) is 4.79 Å². The number of carbonyl (C=O) groups excluding carboxylic acids is 1. The fraction of sp³-hybridized carbons (Fsp3) is 0.400. The summed E-state index contributed by atoms with van der Waals surface area (Å²) in [5.41, 5.74) is 5.65. The quantitative estimate of drug-likeness (QED) is 0.604. The van der Waals surface area contributed by atoms with Gasteiger partial charge in [-0.2, -0.15) is 0 Å². The Morgan fingerprint density at radius 3 is 2.81 bits per heavy atom. The van der Waals surface area contributed by atoms with Crippen LogP contribution in [0.15, 0.2) is 18.2 Å². The molecule has 1 rings (SSSR count). The molecule has 2 atom stereocenters. The van der Waals surface area contributed by atoms with Crippen molar-refractivity contribution in [3.8, 4) is 0 Å². The number of pyridine rings is 1. The number of nitrogens with zero attached hydrogens (tertiary/aromatic N) is 1. The van der Waals surface area contributed by atoms with Crippen LogP contribution >= 0.6 is 0 Å². The summed E-state index contributed by atoms with van der Waals surface area (Å²) in [7, 11) is 1.21. The van der Waals surface area contributed by atoms with Crippen LogP contribution in [0.4, 0.5) is 5.82 Å². The number of anilines is 1. The predicted molar refractivity (Wildman–Crippen MR) is 56.2 cm³/mol. The maximum atomic E-state index is 10.9. The Kier molecular flexibility index (Phi) is 4.21. The van der Waals surface area contributed by atoms with E-state index in [1.165, 1.54) is 13.2 Å². The number of hydrogen-bond donors (Lipinski definition) is 3. The zero-order chi connectivity index (χ0) is 12.1. The van der Waals surface area contributed by atoms with Gasteiger partial charge in [0.25, 0.3) is 0 Å². The van der Waals surface area contributed by atoms with Gasteiger partial charge in [-0.25, -0.2) is 4.98 Å². The number of rotatable bonds is 4. The van der Waals surface area contributed by atoms with Gasteiger partial charge in [0.15, 0.2) is 0 Å². The molecule has 1 aromatic heterocycles. The molecule has 0 saturated carbocycles. The number of hydrogen-bond acceptors (Lipinski definition) is 6. The summed E-state index contributed by atoms with van der Waals surface area (Å²) < 4.78 is 4.38. The van der Waals surface area contributed by atoms with E-state index in [2.05, 4.69) is 9.72 Å². The predicted octanol–water partition coefficient (Wildman–Crippen LogP) is -0.379. The first kappa shape index (κ1) is 12.4. The average molecular weight is 226 g/mol. The molecule has 0 aromatic carbocycles. The van der Waals surface area contributed by atoms with Gasteiger partial charge in [-0.15, -0.1) is 0 Å². The molecule has 1 aromatic rings. The second-order valence-electron chi connectivity index (χ2n) is 3.28. The third-order valence-corrected chi connectivity index (χ3v) is 2.06. The number of aromatic nitrogens is 1. The normalized spacial score (nSPS) is 14.2. The van der Waals surface area contributed by atoms with Crippen LogP contribution in [0.1, 0.15) is 18.2 Å². The van der Waals surface area contributed by atoms with Gasteiger partial charge < -0.3 is 20.7 Å². The van der Waals surface area contributed by atoms with Crippen molar-refractivity contribution in [2.24, 2.45) is 0 Å². The lowest BCUT2D eigenvalue weighted by atomic mass is 10.1. The highest BCUT2D eigenvalue weighted by Crippen LogP contribution is 2.18. The van der Waals surface area contributed by atoms with Gasteiger partial charge in [-0.1, -0.05) is 6.07 Å². The molecule has 6 heteroatoms. The first-order chi connectivity index (χ1) is 7.54. The van der Waals surface area contributed by atoms with E-state index in [0.29, 0.717) is 0 Å². The Hall–Kier alpha value is -1.66. The van der Waals surface area contributed by atoms with Crippen molar-refractivity contribution in [3.63, 3.8) is 0 Å². The molecule has 0 aliphatic rings. The maximum Gasteiger partial charge on any atom is 0.308 e. The Bertz CT molecular complexity index is 370. The van der Waals surface area contributed by atoms with Gasteiger partial charge >= 0.3 is 5.97 Å². The van der Waals surface area contributed by atoms with Crippen molar-refractivity contribution in [2.75, 3.05) is 12.8 Å². The number of aliphatic hydroxyl groups is 2. The van der Waals surface area contributed by atoms with Crippen LogP contribution in [0.2, 0.25) is 0 Å². The van der Waals surface area contributed by atoms with E-state index in [1.807, 2.05) is 0 Å². The molecule has 0 fully saturated rings. The molecule has 4 N–H and O–H groups in total. The highest BCUT2D eigenvalue weighted by Gasteiger charge is 2.22. The van der Waals surface area contributed by atoms with Gasteiger partial charge in [0.1, 0.15) is 11.9 Å². The first-order valence-corrected chi connectivity index (χ1v) is 4.70. The molecular formula is C10H14N2O4. The molecule has 88 valence electrons. The molecule has 2 unspecified atom stereocenters. The van der Waals surface area contributed by atoms with Gasteiger partial charge in [0, 0.05) is 0 Å².